The van der Waals surface area contributed by atoms with Gasteiger partial charge in [0, 0.05) is 10.0 Å². The summed E-state index contributed by atoms with van der Waals surface area (Å²) in [4.78, 5) is 0. The molecule has 2 unspecified atom stereocenters. The summed E-state index contributed by atoms with van der Waals surface area (Å²) in [7, 11) is 3.18. The van der Waals surface area contributed by atoms with Crippen LogP contribution in [0.4, 0.5) is 0 Å². The van der Waals surface area contributed by atoms with Gasteiger partial charge in [-0.15, -0.1) is 11.6 Å². The first-order valence-electron chi connectivity index (χ1n) is 5.44. The van der Waals surface area contributed by atoms with Gasteiger partial charge in [0.1, 0.15) is 0 Å². The van der Waals surface area contributed by atoms with Crippen molar-refractivity contribution in [3.63, 3.8) is 0 Å². The normalized spacial score (nSPS) is 23.1. The van der Waals surface area contributed by atoms with Gasteiger partial charge in [0.25, 0.3) is 0 Å². The number of benzene rings is 1. The Balaban J connectivity index is 2.28. The fraction of sp³-hybridized carbons (Fsp3) is 0.500. The van der Waals surface area contributed by atoms with Crippen LogP contribution in [0.1, 0.15) is 11.9 Å². The third-order valence-corrected chi connectivity index (χ3v) is 3.71. The molecule has 2 rings (SSSR count). The number of alkyl halides is 1. The summed E-state index contributed by atoms with van der Waals surface area (Å²) in [6, 6.07) is 3.67. The van der Waals surface area contributed by atoms with Crippen molar-refractivity contribution in [3.05, 3.63) is 22.2 Å². The lowest BCUT2D eigenvalue weighted by Crippen LogP contribution is -2.11. The van der Waals surface area contributed by atoms with E-state index in [4.69, 9.17) is 30.5 Å². The molecule has 0 radical (unpaired) electrons. The third kappa shape index (κ3) is 2.74. The van der Waals surface area contributed by atoms with E-state index >= 15 is 0 Å². The van der Waals surface area contributed by atoms with Crippen LogP contribution in [-0.4, -0.2) is 32.8 Å². The molecule has 1 heterocycles. The predicted molar refractivity (Wildman–Crippen MR) is 71.5 cm³/mol. The Hall–Kier alpha value is -0.490. The lowest BCUT2D eigenvalue weighted by Gasteiger charge is -2.16. The number of hydrogen-bond acceptors (Lipinski definition) is 4. The average molecular weight is 338 g/mol. The molecule has 0 aliphatic carbocycles. The van der Waals surface area contributed by atoms with Gasteiger partial charge in [0.15, 0.2) is 17.8 Å². The minimum Gasteiger partial charge on any atom is -0.493 e. The van der Waals surface area contributed by atoms with Crippen molar-refractivity contribution < 1.29 is 18.9 Å². The van der Waals surface area contributed by atoms with Crippen LogP contribution < -0.4 is 9.47 Å². The second-order valence-electron chi connectivity index (χ2n) is 3.81. The molecule has 1 aliphatic rings. The quantitative estimate of drug-likeness (QED) is 0.791. The SMILES string of the molecule is COc1cc(Br)c(C2OCC(CCl)O2)cc1OC. The number of hydrogen-bond donors (Lipinski definition) is 0. The summed E-state index contributed by atoms with van der Waals surface area (Å²) in [5.74, 6) is 1.71. The molecule has 1 aliphatic heterocycles. The first-order chi connectivity index (χ1) is 8.69. The minimum absolute atomic E-state index is 0.0725. The van der Waals surface area contributed by atoms with Gasteiger partial charge >= 0.3 is 0 Å². The minimum atomic E-state index is -0.428. The van der Waals surface area contributed by atoms with Gasteiger partial charge in [-0.2, -0.15) is 0 Å². The summed E-state index contributed by atoms with van der Waals surface area (Å²) in [6.07, 6.45) is -0.500. The molecule has 1 fully saturated rings. The van der Waals surface area contributed by atoms with Gasteiger partial charge in [-0.25, -0.2) is 0 Å². The predicted octanol–water partition coefficient (Wildman–Crippen LogP) is 3.12. The van der Waals surface area contributed by atoms with E-state index in [2.05, 4.69) is 15.9 Å². The van der Waals surface area contributed by atoms with Crippen LogP contribution in [0, 0.1) is 0 Å². The first-order valence-corrected chi connectivity index (χ1v) is 6.76. The van der Waals surface area contributed by atoms with E-state index < -0.39 is 6.29 Å². The zero-order chi connectivity index (χ0) is 13.1. The van der Waals surface area contributed by atoms with Gasteiger partial charge < -0.3 is 18.9 Å². The fourth-order valence-corrected chi connectivity index (χ4v) is 2.41. The van der Waals surface area contributed by atoms with Crippen molar-refractivity contribution in [2.24, 2.45) is 0 Å². The molecule has 0 saturated carbocycles. The molecule has 2 atom stereocenters. The van der Waals surface area contributed by atoms with Gasteiger partial charge in [0.2, 0.25) is 0 Å². The molecule has 6 heteroatoms. The van der Waals surface area contributed by atoms with Gasteiger partial charge in [-0.3, -0.25) is 0 Å². The largest absolute Gasteiger partial charge is 0.493 e. The fourth-order valence-electron chi connectivity index (χ4n) is 1.74. The summed E-state index contributed by atoms with van der Waals surface area (Å²) in [5.41, 5.74) is 0.861. The van der Waals surface area contributed by atoms with Crippen LogP contribution in [0.15, 0.2) is 16.6 Å². The van der Waals surface area contributed by atoms with Crippen molar-refractivity contribution in [2.45, 2.75) is 12.4 Å². The van der Waals surface area contributed by atoms with Crippen LogP contribution in [-0.2, 0) is 9.47 Å². The lowest BCUT2D eigenvalue weighted by atomic mass is 10.2. The van der Waals surface area contributed by atoms with E-state index in [1.54, 1.807) is 14.2 Å². The molecular weight excluding hydrogens is 323 g/mol. The van der Waals surface area contributed by atoms with Gasteiger partial charge in [0.05, 0.1) is 32.8 Å². The highest BCUT2D eigenvalue weighted by atomic mass is 79.9. The maximum absolute atomic E-state index is 5.75. The Kier molecular flexibility index (Phi) is 4.72. The smallest absolute Gasteiger partial charge is 0.185 e. The van der Waals surface area contributed by atoms with Gasteiger partial charge in [-0.05, 0) is 12.1 Å². The van der Waals surface area contributed by atoms with Crippen LogP contribution in [0.2, 0.25) is 0 Å². The average Bonchev–Trinajstić information content (AvgIpc) is 2.86. The molecule has 1 aromatic rings. The van der Waals surface area contributed by atoms with Crippen LogP contribution in [0.3, 0.4) is 0 Å². The standard InChI is InChI=1S/C12H14BrClO4/c1-15-10-3-8(9(13)4-11(10)16-2)12-17-6-7(5-14)18-12/h3-4,7,12H,5-6H2,1-2H3. The van der Waals surface area contributed by atoms with Gasteiger partial charge in [-0.1, -0.05) is 15.9 Å². The van der Waals surface area contributed by atoms with Crippen molar-refractivity contribution in [3.8, 4) is 11.5 Å². The highest BCUT2D eigenvalue weighted by Gasteiger charge is 2.29. The second kappa shape index (κ2) is 6.10. The monoisotopic (exact) mass is 336 g/mol. The summed E-state index contributed by atoms with van der Waals surface area (Å²) >= 11 is 9.22. The van der Waals surface area contributed by atoms with E-state index in [0.717, 1.165) is 10.0 Å². The Bertz CT molecular complexity index is 427. The Morgan fingerprint density at radius 3 is 2.56 bits per heavy atom. The topological polar surface area (TPSA) is 36.9 Å². The third-order valence-electron chi connectivity index (χ3n) is 2.68. The first kappa shape index (κ1) is 13.9. The summed E-state index contributed by atoms with van der Waals surface area (Å²) in [5, 5.41) is 0. The molecule has 0 aromatic heterocycles. The number of rotatable bonds is 4. The molecule has 0 spiro atoms. The summed E-state index contributed by atoms with van der Waals surface area (Å²) in [6.45, 7) is 0.495. The number of halogens is 2. The molecule has 1 aromatic carbocycles. The zero-order valence-corrected chi connectivity index (χ0v) is 12.5. The molecule has 0 bridgehead atoms. The maximum atomic E-state index is 5.75. The van der Waals surface area contributed by atoms with E-state index in [9.17, 15) is 0 Å². The summed E-state index contributed by atoms with van der Waals surface area (Å²) < 4.78 is 22.6. The molecule has 0 amide bonds. The van der Waals surface area contributed by atoms with Crippen LogP contribution in [0.25, 0.3) is 0 Å². The molecule has 0 N–H and O–H groups in total. The van der Waals surface area contributed by atoms with Crippen LogP contribution >= 0.6 is 27.5 Å². The Labute approximate surface area is 119 Å². The highest BCUT2D eigenvalue weighted by molar-refractivity contribution is 9.10. The molecule has 4 nitrogen and oxygen atoms in total. The van der Waals surface area contributed by atoms with Crippen molar-refractivity contribution in [1.82, 2.24) is 0 Å². The lowest BCUT2D eigenvalue weighted by molar-refractivity contribution is -0.0573. The Morgan fingerprint density at radius 1 is 1.33 bits per heavy atom. The number of ether oxygens (including phenoxy) is 4. The van der Waals surface area contributed by atoms with E-state index in [1.165, 1.54) is 0 Å². The Morgan fingerprint density at radius 2 is 2.00 bits per heavy atom. The zero-order valence-electron chi connectivity index (χ0n) is 10.1. The van der Waals surface area contributed by atoms with E-state index in [1.807, 2.05) is 12.1 Å². The maximum Gasteiger partial charge on any atom is 0.185 e. The molecular formula is C12H14BrClO4. The van der Waals surface area contributed by atoms with E-state index in [0.29, 0.717) is 24.0 Å². The molecule has 1 saturated heterocycles. The second-order valence-corrected chi connectivity index (χ2v) is 4.97. The molecule has 18 heavy (non-hydrogen) atoms. The van der Waals surface area contributed by atoms with Crippen molar-refractivity contribution in [1.29, 1.82) is 0 Å². The highest BCUT2D eigenvalue weighted by Crippen LogP contribution is 2.39. The van der Waals surface area contributed by atoms with Crippen LogP contribution in [0.5, 0.6) is 11.5 Å². The molecule has 100 valence electrons. The van der Waals surface area contributed by atoms with Crippen molar-refractivity contribution >= 4 is 27.5 Å². The number of methoxy groups -OCH3 is 2. The van der Waals surface area contributed by atoms with E-state index in [-0.39, 0.29) is 6.10 Å². The van der Waals surface area contributed by atoms with Crippen molar-refractivity contribution in [2.75, 3.05) is 26.7 Å².